The molecule has 0 heterocycles. The predicted molar refractivity (Wildman–Crippen MR) is 76.0 cm³/mol. The summed E-state index contributed by atoms with van der Waals surface area (Å²) in [7, 11) is 4.07. The van der Waals surface area contributed by atoms with E-state index in [9.17, 15) is 0 Å². The standard InChI is InChI=1S/C15H16ClN/c1-11-7-4-5-8-12(11)15-13(16)9-6-10-14(15)17(2)3/h4-10H,1-3H3. The molecule has 0 amide bonds. The van der Waals surface area contributed by atoms with E-state index in [-0.39, 0.29) is 0 Å². The molecule has 0 radical (unpaired) electrons. The lowest BCUT2D eigenvalue weighted by atomic mass is 9.98. The van der Waals surface area contributed by atoms with Crippen molar-refractivity contribution in [2.75, 3.05) is 19.0 Å². The van der Waals surface area contributed by atoms with E-state index < -0.39 is 0 Å². The molecule has 0 aromatic heterocycles. The fourth-order valence-electron chi connectivity index (χ4n) is 2.01. The van der Waals surface area contributed by atoms with Gasteiger partial charge in [-0.25, -0.2) is 0 Å². The molecule has 0 N–H and O–H groups in total. The number of hydrogen-bond acceptors (Lipinski definition) is 1. The maximum Gasteiger partial charge on any atom is 0.0505 e. The molecule has 88 valence electrons. The highest BCUT2D eigenvalue weighted by atomic mass is 35.5. The fraction of sp³-hybridized carbons (Fsp3) is 0.200. The molecule has 0 aliphatic heterocycles. The Morgan fingerprint density at radius 3 is 2.29 bits per heavy atom. The zero-order valence-corrected chi connectivity index (χ0v) is 11.1. The van der Waals surface area contributed by atoms with E-state index in [1.807, 2.05) is 38.4 Å². The second kappa shape index (κ2) is 4.80. The Morgan fingerprint density at radius 2 is 1.65 bits per heavy atom. The van der Waals surface area contributed by atoms with Crippen molar-refractivity contribution in [2.45, 2.75) is 6.92 Å². The van der Waals surface area contributed by atoms with Crippen LogP contribution >= 0.6 is 11.6 Å². The van der Waals surface area contributed by atoms with E-state index in [2.05, 4.69) is 30.0 Å². The summed E-state index contributed by atoms with van der Waals surface area (Å²) in [6, 6.07) is 14.3. The van der Waals surface area contributed by atoms with Crippen LogP contribution in [0.5, 0.6) is 0 Å². The van der Waals surface area contributed by atoms with Gasteiger partial charge in [0.2, 0.25) is 0 Å². The third-order valence-corrected chi connectivity index (χ3v) is 3.20. The maximum atomic E-state index is 6.35. The summed E-state index contributed by atoms with van der Waals surface area (Å²) in [5.41, 5.74) is 4.69. The van der Waals surface area contributed by atoms with Crippen LogP contribution < -0.4 is 4.90 Å². The molecule has 0 aliphatic carbocycles. The highest BCUT2D eigenvalue weighted by molar-refractivity contribution is 6.34. The second-order valence-corrected chi connectivity index (χ2v) is 4.75. The normalized spacial score (nSPS) is 10.4. The van der Waals surface area contributed by atoms with Crippen molar-refractivity contribution in [1.82, 2.24) is 0 Å². The molecular weight excluding hydrogens is 230 g/mol. The highest BCUT2D eigenvalue weighted by Crippen LogP contribution is 2.37. The average molecular weight is 246 g/mol. The van der Waals surface area contributed by atoms with E-state index >= 15 is 0 Å². The number of aryl methyl sites for hydroxylation is 1. The van der Waals surface area contributed by atoms with Gasteiger partial charge in [-0.05, 0) is 30.2 Å². The lowest BCUT2D eigenvalue weighted by Gasteiger charge is -2.19. The Hall–Kier alpha value is -1.47. The van der Waals surface area contributed by atoms with Gasteiger partial charge in [0, 0.05) is 25.3 Å². The van der Waals surface area contributed by atoms with E-state index in [4.69, 9.17) is 11.6 Å². The largest absolute Gasteiger partial charge is 0.377 e. The topological polar surface area (TPSA) is 3.24 Å². The first-order valence-corrected chi connectivity index (χ1v) is 6.01. The SMILES string of the molecule is Cc1ccccc1-c1c(Cl)cccc1N(C)C. The molecule has 0 saturated carbocycles. The summed E-state index contributed by atoms with van der Waals surface area (Å²) in [6.45, 7) is 2.11. The molecule has 0 fully saturated rings. The molecule has 0 saturated heterocycles. The van der Waals surface area contributed by atoms with E-state index in [1.165, 1.54) is 11.1 Å². The second-order valence-electron chi connectivity index (χ2n) is 4.34. The van der Waals surface area contributed by atoms with Gasteiger partial charge >= 0.3 is 0 Å². The zero-order chi connectivity index (χ0) is 12.4. The number of nitrogens with zero attached hydrogens (tertiary/aromatic N) is 1. The Bertz CT molecular complexity index is 532. The van der Waals surface area contributed by atoms with Gasteiger partial charge in [0.25, 0.3) is 0 Å². The van der Waals surface area contributed by atoms with E-state index in [0.29, 0.717) is 0 Å². The number of benzene rings is 2. The smallest absolute Gasteiger partial charge is 0.0505 e. The van der Waals surface area contributed by atoms with Crippen molar-refractivity contribution in [3.63, 3.8) is 0 Å². The zero-order valence-electron chi connectivity index (χ0n) is 10.4. The number of hydrogen-bond donors (Lipinski definition) is 0. The van der Waals surface area contributed by atoms with Crippen LogP contribution in [0.15, 0.2) is 42.5 Å². The van der Waals surface area contributed by atoms with Gasteiger partial charge in [0.1, 0.15) is 0 Å². The van der Waals surface area contributed by atoms with Crippen molar-refractivity contribution in [3.05, 3.63) is 53.1 Å². The minimum Gasteiger partial charge on any atom is -0.377 e. The van der Waals surface area contributed by atoms with Gasteiger partial charge < -0.3 is 4.90 Å². The van der Waals surface area contributed by atoms with Crippen molar-refractivity contribution in [2.24, 2.45) is 0 Å². The summed E-state index contributed by atoms with van der Waals surface area (Å²) in [5.74, 6) is 0. The molecule has 0 aliphatic rings. The van der Waals surface area contributed by atoms with Crippen LogP contribution in [-0.2, 0) is 0 Å². The van der Waals surface area contributed by atoms with E-state index in [1.54, 1.807) is 0 Å². The highest BCUT2D eigenvalue weighted by Gasteiger charge is 2.12. The summed E-state index contributed by atoms with van der Waals surface area (Å²) in [5, 5.41) is 0.797. The summed E-state index contributed by atoms with van der Waals surface area (Å²) in [6.07, 6.45) is 0. The van der Waals surface area contributed by atoms with Gasteiger partial charge in [0.05, 0.1) is 5.02 Å². The van der Waals surface area contributed by atoms with Gasteiger partial charge in [-0.1, -0.05) is 41.9 Å². The van der Waals surface area contributed by atoms with Crippen LogP contribution in [0, 0.1) is 6.92 Å². The van der Waals surface area contributed by atoms with Crippen LogP contribution in [0.25, 0.3) is 11.1 Å². The van der Waals surface area contributed by atoms with Crippen molar-refractivity contribution in [3.8, 4) is 11.1 Å². The monoisotopic (exact) mass is 245 g/mol. The number of rotatable bonds is 2. The molecule has 0 bridgehead atoms. The molecule has 2 aromatic rings. The molecule has 2 heteroatoms. The summed E-state index contributed by atoms with van der Waals surface area (Å²) in [4.78, 5) is 2.09. The van der Waals surface area contributed by atoms with Gasteiger partial charge in [-0.3, -0.25) is 0 Å². The van der Waals surface area contributed by atoms with Gasteiger partial charge in [-0.2, -0.15) is 0 Å². The number of anilines is 1. The third-order valence-electron chi connectivity index (χ3n) is 2.89. The minimum atomic E-state index is 0.797. The van der Waals surface area contributed by atoms with Crippen molar-refractivity contribution < 1.29 is 0 Å². The average Bonchev–Trinajstić information content (AvgIpc) is 2.30. The molecule has 0 atom stereocenters. The molecular formula is C15H16ClN. The lowest BCUT2D eigenvalue weighted by molar-refractivity contribution is 1.13. The van der Waals surface area contributed by atoms with E-state index in [0.717, 1.165) is 16.3 Å². The van der Waals surface area contributed by atoms with Crippen LogP contribution in [0.2, 0.25) is 5.02 Å². The lowest BCUT2D eigenvalue weighted by Crippen LogP contribution is -2.10. The maximum absolute atomic E-state index is 6.35. The molecule has 1 nitrogen and oxygen atoms in total. The molecule has 0 spiro atoms. The molecule has 17 heavy (non-hydrogen) atoms. The minimum absolute atomic E-state index is 0.797. The van der Waals surface area contributed by atoms with Crippen LogP contribution in [0.4, 0.5) is 5.69 Å². The van der Waals surface area contributed by atoms with Crippen molar-refractivity contribution in [1.29, 1.82) is 0 Å². The van der Waals surface area contributed by atoms with Crippen LogP contribution in [-0.4, -0.2) is 14.1 Å². The summed E-state index contributed by atoms with van der Waals surface area (Å²) < 4.78 is 0. The van der Waals surface area contributed by atoms with Crippen LogP contribution in [0.3, 0.4) is 0 Å². The Kier molecular flexibility index (Phi) is 3.39. The molecule has 2 aromatic carbocycles. The third kappa shape index (κ3) is 2.29. The Labute approximate surface area is 108 Å². The number of halogens is 1. The first-order valence-electron chi connectivity index (χ1n) is 5.63. The van der Waals surface area contributed by atoms with Crippen LogP contribution in [0.1, 0.15) is 5.56 Å². The van der Waals surface area contributed by atoms with Gasteiger partial charge in [-0.15, -0.1) is 0 Å². The molecule has 2 rings (SSSR count). The van der Waals surface area contributed by atoms with Gasteiger partial charge in [0.15, 0.2) is 0 Å². The quantitative estimate of drug-likeness (QED) is 0.759. The first-order chi connectivity index (χ1) is 8.11. The fourth-order valence-corrected chi connectivity index (χ4v) is 2.28. The molecule has 0 unspecified atom stereocenters. The predicted octanol–water partition coefficient (Wildman–Crippen LogP) is 4.38. The Balaban J connectivity index is 2.70. The Morgan fingerprint density at radius 1 is 0.941 bits per heavy atom. The summed E-state index contributed by atoms with van der Waals surface area (Å²) >= 11 is 6.35. The first kappa shape index (κ1) is 12.0. The van der Waals surface area contributed by atoms with Crippen molar-refractivity contribution >= 4 is 17.3 Å².